The van der Waals surface area contributed by atoms with Crippen LogP contribution < -0.4 is 19.1 Å². The largest absolute Gasteiger partial charge is 0.507 e. The normalized spacial score (nSPS) is 16.1. The number of amides is 1. The molecule has 1 aromatic heterocycles. The van der Waals surface area contributed by atoms with Gasteiger partial charge < -0.3 is 24.1 Å². The molecule has 0 spiro atoms. The maximum atomic E-state index is 13.6. The second-order valence-electron chi connectivity index (χ2n) is 10.4. The first-order valence-corrected chi connectivity index (χ1v) is 14.8. The van der Waals surface area contributed by atoms with Crippen molar-refractivity contribution in [3.63, 3.8) is 0 Å². The number of anilines is 1. The van der Waals surface area contributed by atoms with Gasteiger partial charge in [0.15, 0.2) is 16.6 Å². The number of carbonyl (C=O) groups excluding carboxylic acids is 3. The van der Waals surface area contributed by atoms with E-state index >= 15 is 0 Å². The average molecular weight is 609 g/mol. The maximum Gasteiger partial charge on any atom is 0.350 e. The smallest absolute Gasteiger partial charge is 0.350 e. The lowest BCUT2D eigenvalue weighted by molar-refractivity contribution is -0.132. The number of aryl methyl sites for hydroxylation is 1. The molecule has 0 radical (unpaired) electrons. The standard InChI is InChI=1S/C32H36N2O8S/c1-7-14-41-22-10-8-9-21(16-22)27(35)25-26(20-11-12-23(24(17-20)39-5)42-15-13-18(2)3)34(30(37)28(25)36)32-33-19(4)29(43-32)31(38)40-6/h8-12,16-18,26,35H,7,13-15H2,1-6H3. The number of ketones is 1. The van der Waals surface area contributed by atoms with E-state index in [1.165, 1.54) is 19.1 Å². The number of nitrogens with zero attached hydrogens (tertiary/aromatic N) is 2. The van der Waals surface area contributed by atoms with Crippen LogP contribution in [0.3, 0.4) is 0 Å². The van der Waals surface area contributed by atoms with Gasteiger partial charge in [-0.3, -0.25) is 14.5 Å². The van der Waals surface area contributed by atoms with Gasteiger partial charge in [-0.2, -0.15) is 0 Å². The van der Waals surface area contributed by atoms with Gasteiger partial charge in [-0.05, 0) is 55.5 Å². The van der Waals surface area contributed by atoms with E-state index in [0.29, 0.717) is 53.2 Å². The third-order valence-electron chi connectivity index (χ3n) is 6.84. The van der Waals surface area contributed by atoms with Crippen LogP contribution in [-0.2, 0) is 14.3 Å². The summed E-state index contributed by atoms with van der Waals surface area (Å²) in [6.07, 6.45) is 1.64. The topological polar surface area (TPSA) is 124 Å². The number of Topliss-reactive ketones (excluding diaryl/α,β-unsaturated/α-hetero) is 1. The molecule has 1 atom stereocenters. The molecule has 1 aliphatic heterocycles. The van der Waals surface area contributed by atoms with E-state index in [0.717, 1.165) is 24.2 Å². The first-order chi connectivity index (χ1) is 20.6. The molecule has 0 bridgehead atoms. The van der Waals surface area contributed by atoms with Crippen molar-refractivity contribution in [3.05, 3.63) is 69.7 Å². The summed E-state index contributed by atoms with van der Waals surface area (Å²) >= 11 is 0.929. The van der Waals surface area contributed by atoms with Crippen LogP contribution in [-0.4, -0.2) is 55.2 Å². The van der Waals surface area contributed by atoms with Gasteiger partial charge >= 0.3 is 11.9 Å². The number of hydrogen-bond donors (Lipinski definition) is 1. The fourth-order valence-corrected chi connectivity index (χ4v) is 5.61. The Morgan fingerprint density at radius 1 is 1.07 bits per heavy atom. The van der Waals surface area contributed by atoms with Crippen molar-refractivity contribution < 1.29 is 38.4 Å². The SMILES string of the molecule is CCCOc1cccc(C(O)=C2C(=O)C(=O)N(c3nc(C)c(C(=O)OC)s3)C2c2ccc(OCCC(C)C)c(OC)c2)c1. The molecule has 4 rings (SSSR count). The Labute approximate surface area is 254 Å². The van der Waals surface area contributed by atoms with Crippen molar-refractivity contribution in [3.8, 4) is 17.2 Å². The number of aliphatic hydroxyl groups excluding tert-OH is 1. The van der Waals surface area contributed by atoms with Crippen molar-refractivity contribution in [1.82, 2.24) is 4.98 Å². The number of carbonyl (C=O) groups is 3. The third kappa shape index (κ3) is 6.67. The highest BCUT2D eigenvalue weighted by atomic mass is 32.1. The minimum absolute atomic E-state index is 0.111. The molecule has 2 heterocycles. The van der Waals surface area contributed by atoms with E-state index in [9.17, 15) is 19.5 Å². The molecular formula is C32H36N2O8S. The van der Waals surface area contributed by atoms with Crippen LogP contribution in [0.2, 0.25) is 0 Å². The van der Waals surface area contributed by atoms with Gasteiger partial charge in [0.25, 0.3) is 5.78 Å². The fraction of sp³-hybridized carbons (Fsp3) is 0.375. The predicted molar refractivity (Wildman–Crippen MR) is 163 cm³/mol. The van der Waals surface area contributed by atoms with Gasteiger partial charge in [0.05, 0.1) is 44.7 Å². The summed E-state index contributed by atoms with van der Waals surface area (Å²) in [6, 6.07) is 10.7. The van der Waals surface area contributed by atoms with Crippen molar-refractivity contribution >= 4 is 39.9 Å². The number of benzene rings is 2. The number of ether oxygens (including phenoxy) is 4. The fourth-order valence-electron chi connectivity index (χ4n) is 4.60. The number of esters is 1. The van der Waals surface area contributed by atoms with Crippen LogP contribution in [0.4, 0.5) is 5.13 Å². The zero-order chi connectivity index (χ0) is 31.3. The van der Waals surface area contributed by atoms with E-state index in [1.54, 1.807) is 49.4 Å². The zero-order valence-corrected chi connectivity index (χ0v) is 25.9. The van der Waals surface area contributed by atoms with E-state index in [1.807, 2.05) is 6.92 Å². The average Bonchev–Trinajstić information content (AvgIpc) is 3.51. The third-order valence-corrected chi connectivity index (χ3v) is 7.98. The highest BCUT2D eigenvalue weighted by Crippen LogP contribution is 2.45. The molecule has 1 fully saturated rings. The molecule has 0 saturated carbocycles. The first kappa shape index (κ1) is 31.6. The number of rotatable bonds is 12. The van der Waals surface area contributed by atoms with Crippen molar-refractivity contribution in [1.29, 1.82) is 0 Å². The van der Waals surface area contributed by atoms with Gasteiger partial charge in [0, 0.05) is 5.56 Å². The van der Waals surface area contributed by atoms with Crippen molar-refractivity contribution in [2.75, 3.05) is 32.3 Å². The predicted octanol–water partition coefficient (Wildman–Crippen LogP) is 6.09. The Kier molecular flexibility index (Phi) is 10.1. The molecule has 228 valence electrons. The Morgan fingerprint density at radius 2 is 1.84 bits per heavy atom. The summed E-state index contributed by atoms with van der Waals surface area (Å²) in [5.41, 5.74) is 0.989. The van der Waals surface area contributed by atoms with Crippen LogP contribution in [0.5, 0.6) is 17.2 Å². The molecule has 11 heteroatoms. The second-order valence-corrected chi connectivity index (χ2v) is 11.4. The lowest BCUT2D eigenvalue weighted by atomic mass is 9.95. The Hall–Kier alpha value is -4.38. The number of aliphatic hydroxyl groups is 1. The summed E-state index contributed by atoms with van der Waals surface area (Å²) in [4.78, 5) is 45.5. The van der Waals surface area contributed by atoms with Crippen LogP contribution in [0, 0.1) is 12.8 Å². The molecule has 1 saturated heterocycles. The van der Waals surface area contributed by atoms with Crippen molar-refractivity contribution in [2.45, 2.75) is 46.6 Å². The first-order valence-electron chi connectivity index (χ1n) is 14.0. The molecule has 1 aliphatic rings. The molecule has 1 amide bonds. The number of aromatic nitrogens is 1. The number of thiazole rings is 1. The van der Waals surface area contributed by atoms with Crippen LogP contribution in [0.25, 0.3) is 5.76 Å². The Bertz CT molecular complexity index is 1540. The van der Waals surface area contributed by atoms with Gasteiger partial charge in [0.2, 0.25) is 0 Å². The lowest BCUT2D eigenvalue weighted by Crippen LogP contribution is -2.29. The monoisotopic (exact) mass is 608 g/mol. The minimum atomic E-state index is -1.09. The lowest BCUT2D eigenvalue weighted by Gasteiger charge is -2.24. The second kappa shape index (κ2) is 13.7. The zero-order valence-electron chi connectivity index (χ0n) is 25.1. The van der Waals surface area contributed by atoms with E-state index in [4.69, 9.17) is 18.9 Å². The molecule has 0 aliphatic carbocycles. The number of methoxy groups -OCH3 is 2. The molecule has 3 aromatic rings. The van der Waals surface area contributed by atoms with Gasteiger partial charge in [-0.15, -0.1) is 0 Å². The highest BCUT2D eigenvalue weighted by Gasteiger charge is 2.48. The van der Waals surface area contributed by atoms with E-state index < -0.39 is 23.7 Å². The molecule has 43 heavy (non-hydrogen) atoms. The summed E-state index contributed by atoms with van der Waals surface area (Å²) in [6.45, 7) is 8.76. The van der Waals surface area contributed by atoms with Crippen LogP contribution >= 0.6 is 11.3 Å². The van der Waals surface area contributed by atoms with E-state index in [2.05, 4.69) is 18.8 Å². The summed E-state index contributed by atoms with van der Waals surface area (Å²) in [7, 11) is 2.75. The van der Waals surface area contributed by atoms with Crippen LogP contribution in [0.15, 0.2) is 48.0 Å². The maximum absolute atomic E-state index is 13.6. The summed E-state index contributed by atoms with van der Waals surface area (Å²) in [5.74, 6) is -0.909. The highest BCUT2D eigenvalue weighted by molar-refractivity contribution is 7.17. The van der Waals surface area contributed by atoms with Gasteiger partial charge in [-0.1, -0.05) is 50.3 Å². The van der Waals surface area contributed by atoms with Gasteiger partial charge in [-0.25, -0.2) is 9.78 Å². The molecule has 10 nitrogen and oxygen atoms in total. The summed E-state index contributed by atoms with van der Waals surface area (Å²) in [5, 5.41) is 11.7. The van der Waals surface area contributed by atoms with Crippen molar-refractivity contribution in [2.24, 2.45) is 5.92 Å². The summed E-state index contributed by atoms with van der Waals surface area (Å²) < 4.78 is 22.2. The molecule has 1 unspecified atom stereocenters. The molecule has 1 N–H and O–H groups in total. The minimum Gasteiger partial charge on any atom is -0.507 e. The Morgan fingerprint density at radius 3 is 2.51 bits per heavy atom. The van der Waals surface area contributed by atoms with Gasteiger partial charge in [0.1, 0.15) is 16.4 Å². The Balaban J connectivity index is 1.88. The molecule has 2 aromatic carbocycles. The molecular weight excluding hydrogens is 572 g/mol. The van der Waals surface area contributed by atoms with Crippen LogP contribution in [0.1, 0.15) is 66.1 Å². The quantitative estimate of drug-likeness (QED) is 0.113. The van der Waals surface area contributed by atoms with E-state index in [-0.39, 0.29) is 21.3 Å². The number of hydrogen-bond acceptors (Lipinski definition) is 10.